The minimum Gasteiger partial charge on any atom is -0.481 e. The van der Waals surface area contributed by atoms with Crippen molar-refractivity contribution in [2.24, 2.45) is 23.7 Å². The van der Waals surface area contributed by atoms with Crippen LogP contribution in [-0.4, -0.2) is 11.1 Å². The monoisotopic (exact) mass is 228 g/mol. The molecule has 0 aromatic rings. The maximum absolute atomic E-state index is 10.7. The Labute approximate surface area is 100 Å². The van der Waals surface area contributed by atoms with Crippen LogP contribution < -0.4 is 0 Å². The molecule has 0 aromatic carbocycles. The second-order valence-corrected chi connectivity index (χ2v) is 5.67. The molecular weight excluding hydrogens is 200 g/mol. The quantitative estimate of drug-likeness (QED) is 0.676. The highest BCUT2D eigenvalue weighted by Gasteiger charge is 2.17. The molecule has 0 fully saturated rings. The molecule has 0 spiro atoms. The fourth-order valence-corrected chi connectivity index (χ4v) is 2.44. The van der Waals surface area contributed by atoms with Gasteiger partial charge in [-0.25, -0.2) is 0 Å². The van der Waals surface area contributed by atoms with Crippen LogP contribution in [0.15, 0.2) is 0 Å². The third kappa shape index (κ3) is 6.86. The first-order valence-corrected chi connectivity index (χ1v) is 6.59. The number of aliphatic carboxylic acids is 1. The lowest BCUT2D eigenvalue weighted by molar-refractivity contribution is -0.141. The summed E-state index contributed by atoms with van der Waals surface area (Å²) in [5.74, 6) is 1.16. The molecule has 0 amide bonds. The van der Waals surface area contributed by atoms with Crippen LogP contribution >= 0.6 is 0 Å². The van der Waals surface area contributed by atoms with Gasteiger partial charge < -0.3 is 5.11 Å². The Bertz CT molecular complexity index is 201. The maximum Gasteiger partial charge on any atom is 0.306 e. The van der Waals surface area contributed by atoms with Gasteiger partial charge in [0.05, 0.1) is 5.92 Å². The molecule has 0 heterocycles. The molecule has 0 bridgehead atoms. The molecule has 0 radical (unpaired) electrons. The molecule has 0 aliphatic heterocycles. The summed E-state index contributed by atoms with van der Waals surface area (Å²) in [6.07, 6.45) is 4.47. The van der Waals surface area contributed by atoms with Crippen molar-refractivity contribution < 1.29 is 9.90 Å². The fourth-order valence-electron chi connectivity index (χ4n) is 2.44. The molecule has 0 rings (SSSR count). The third-order valence-electron chi connectivity index (χ3n) is 3.48. The van der Waals surface area contributed by atoms with Crippen molar-refractivity contribution in [3.63, 3.8) is 0 Å². The highest BCUT2D eigenvalue weighted by Crippen LogP contribution is 2.25. The van der Waals surface area contributed by atoms with E-state index < -0.39 is 5.97 Å². The zero-order chi connectivity index (χ0) is 12.7. The van der Waals surface area contributed by atoms with Gasteiger partial charge in [-0.1, -0.05) is 41.0 Å². The summed E-state index contributed by atoms with van der Waals surface area (Å²) < 4.78 is 0. The van der Waals surface area contributed by atoms with Gasteiger partial charge in [0.1, 0.15) is 0 Å². The van der Waals surface area contributed by atoms with Crippen LogP contribution in [0.3, 0.4) is 0 Å². The highest BCUT2D eigenvalue weighted by molar-refractivity contribution is 5.69. The van der Waals surface area contributed by atoms with Crippen molar-refractivity contribution in [2.75, 3.05) is 0 Å². The molecule has 1 N–H and O–H groups in total. The largest absolute Gasteiger partial charge is 0.481 e. The van der Waals surface area contributed by atoms with Gasteiger partial charge in [-0.2, -0.15) is 0 Å². The number of carbonyl (C=O) groups is 1. The van der Waals surface area contributed by atoms with Crippen molar-refractivity contribution in [1.82, 2.24) is 0 Å². The molecule has 2 heteroatoms. The van der Waals surface area contributed by atoms with E-state index in [4.69, 9.17) is 5.11 Å². The van der Waals surface area contributed by atoms with E-state index in [9.17, 15) is 4.79 Å². The van der Waals surface area contributed by atoms with Crippen molar-refractivity contribution in [2.45, 2.75) is 60.3 Å². The number of carboxylic acids is 1. The van der Waals surface area contributed by atoms with Gasteiger partial charge in [-0.15, -0.1) is 0 Å². The lowest BCUT2D eigenvalue weighted by Gasteiger charge is -2.21. The van der Waals surface area contributed by atoms with Gasteiger partial charge in [-0.05, 0) is 37.0 Å². The Hall–Kier alpha value is -0.530. The lowest BCUT2D eigenvalue weighted by atomic mass is 9.85. The van der Waals surface area contributed by atoms with Crippen LogP contribution in [0.25, 0.3) is 0 Å². The van der Waals surface area contributed by atoms with Crippen LogP contribution in [-0.2, 0) is 4.79 Å². The van der Waals surface area contributed by atoms with E-state index in [1.807, 2.05) is 0 Å². The van der Waals surface area contributed by atoms with Gasteiger partial charge in [0.2, 0.25) is 0 Å². The summed E-state index contributed by atoms with van der Waals surface area (Å²) in [5, 5.41) is 8.85. The van der Waals surface area contributed by atoms with E-state index >= 15 is 0 Å². The average Bonchev–Trinajstić information content (AvgIpc) is 2.16. The Balaban J connectivity index is 3.86. The SMILES string of the molecule is CC[C@H](C)C[C@H](C)C[C@H](C)C[C@@H](C)C(=O)O. The van der Waals surface area contributed by atoms with Gasteiger partial charge >= 0.3 is 5.97 Å². The molecule has 0 unspecified atom stereocenters. The summed E-state index contributed by atoms with van der Waals surface area (Å²) >= 11 is 0. The predicted octanol–water partition coefficient (Wildman–Crippen LogP) is 4.20. The molecule has 0 aromatic heterocycles. The van der Waals surface area contributed by atoms with Gasteiger partial charge in [0, 0.05) is 0 Å². The molecule has 16 heavy (non-hydrogen) atoms. The van der Waals surface area contributed by atoms with E-state index in [1.165, 1.54) is 12.8 Å². The van der Waals surface area contributed by atoms with E-state index in [0.29, 0.717) is 11.8 Å². The topological polar surface area (TPSA) is 37.3 Å². The first kappa shape index (κ1) is 15.5. The molecular formula is C14H28O2. The Kier molecular flexibility index (Phi) is 7.44. The first-order valence-electron chi connectivity index (χ1n) is 6.59. The standard InChI is InChI=1S/C14H28O2/c1-6-10(2)7-11(3)8-12(4)9-13(5)14(15)16/h10-13H,6-9H2,1-5H3,(H,15,16)/t10-,11-,12-,13+/m0/s1. The second-order valence-electron chi connectivity index (χ2n) is 5.67. The number of hydrogen-bond donors (Lipinski definition) is 1. The smallest absolute Gasteiger partial charge is 0.306 e. The molecule has 2 nitrogen and oxygen atoms in total. The van der Waals surface area contributed by atoms with Crippen molar-refractivity contribution in [1.29, 1.82) is 0 Å². The van der Waals surface area contributed by atoms with E-state index in [0.717, 1.165) is 18.8 Å². The van der Waals surface area contributed by atoms with E-state index in [-0.39, 0.29) is 5.92 Å². The molecule has 4 atom stereocenters. The Morgan fingerprint density at radius 1 is 0.938 bits per heavy atom. The first-order chi connectivity index (χ1) is 7.36. The summed E-state index contributed by atoms with van der Waals surface area (Å²) in [5.41, 5.74) is 0. The summed E-state index contributed by atoms with van der Waals surface area (Å²) in [7, 11) is 0. The maximum atomic E-state index is 10.7. The van der Waals surface area contributed by atoms with Crippen molar-refractivity contribution in [3.8, 4) is 0 Å². The average molecular weight is 228 g/mol. The van der Waals surface area contributed by atoms with Gasteiger partial charge in [0.25, 0.3) is 0 Å². The second kappa shape index (κ2) is 7.70. The fraction of sp³-hybridized carbons (Fsp3) is 0.929. The minimum absolute atomic E-state index is 0.203. The summed E-state index contributed by atoms with van der Waals surface area (Å²) in [4.78, 5) is 10.7. The summed E-state index contributed by atoms with van der Waals surface area (Å²) in [6, 6.07) is 0. The van der Waals surface area contributed by atoms with E-state index in [1.54, 1.807) is 6.92 Å². The van der Waals surface area contributed by atoms with Crippen LogP contribution in [0.2, 0.25) is 0 Å². The molecule has 0 aliphatic carbocycles. The Morgan fingerprint density at radius 3 is 1.81 bits per heavy atom. The van der Waals surface area contributed by atoms with Crippen molar-refractivity contribution in [3.05, 3.63) is 0 Å². The van der Waals surface area contributed by atoms with Crippen LogP contribution in [0.5, 0.6) is 0 Å². The predicted molar refractivity (Wildman–Crippen MR) is 68.4 cm³/mol. The zero-order valence-corrected chi connectivity index (χ0v) is 11.5. The van der Waals surface area contributed by atoms with Crippen LogP contribution in [0.1, 0.15) is 60.3 Å². The highest BCUT2D eigenvalue weighted by atomic mass is 16.4. The minimum atomic E-state index is -0.665. The number of hydrogen-bond acceptors (Lipinski definition) is 1. The zero-order valence-electron chi connectivity index (χ0n) is 11.5. The van der Waals surface area contributed by atoms with Crippen LogP contribution in [0, 0.1) is 23.7 Å². The van der Waals surface area contributed by atoms with Crippen molar-refractivity contribution >= 4 is 5.97 Å². The van der Waals surface area contributed by atoms with E-state index in [2.05, 4.69) is 27.7 Å². The normalized spacial score (nSPS) is 18.8. The van der Waals surface area contributed by atoms with Gasteiger partial charge in [-0.3, -0.25) is 4.79 Å². The lowest BCUT2D eigenvalue weighted by Crippen LogP contribution is -2.15. The number of rotatable bonds is 8. The molecule has 0 saturated carbocycles. The van der Waals surface area contributed by atoms with Gasteiger partial charge in [0.15, 0.2) is 0 Å². The molecule has 0 saturated heterocycles. The summed E-state index contributed by atoms with van der Waals surface area (Å²) in [6.45, 7) is 10.8. The molecule has 96 valence electrons. The third-order valence-corrected chi connectivity index (χ3v) is 3.48. The molecule has 0 aliphatic rings. The van der Waals surface area contributed by atoms with Crippen LogP contribution in [0.4, 0.5) is 0 Å². The Morgan fingerprint density at radius 2 is 1.38 bits per heavy atom. The number of carboxylic acid groups (broad SMARTS) is 1.